The van der Waals surface area contributed by atoms with Crippen LogP contribution in [0, 0.1) is 34.4 Å². The zero-order chi connectivity index (χ0) is 21.4. The average molecular weight is 398 g/mol. The molecule has 0 aromatic heterocycles. The molecule has 0 amide bonds. The molecule has 0 aliphatic rings. The molecule has 0 heterocycles. The molecule has 0 bridgehead atoms. The largest absolute Gasteiger partial charge is 0.488 e. The van der Waals surface area contributed by atoms with Crippen molar-refractivity contribution >= 4 is 11.4 Å². The first kappa shape index (κ1) is 21.0. The Kier molecular flexibility index (Phi) is 6.73. The van der Waals surface area contributed by atoms with Crippen molar-refractivity contribution in [3.05, 3.63) is 89.7 Å². The van der Waals surface area contributed by atoms with E-state index in [1.54, 1.807) is 12.1 Å². The number of nitrogens with one attached hydrogen (secondary N) is 1. The summed E-state index contributed by atoms with van der Waals surface area (Å²) in [6.45, 7) is 4.13. The third-order valence-electron chi connectivity index (χ3n) is 4.43. The maximum Gasteiger partial charge on any atom is 0.137 e. The lowest BCUT2D eigenvalue weighted by molar-refractivity contribution is 0.305. The summed E-state index contributed by atoms with van der Waals surface area (Å²) in [5.74, 6) is 6.65. The van der Waals surface area contributed by atoms with Crippen molar-refractivity contribution in [2.75, 3.05) is 5.32 Å². The average Bonchev–Trinajstić information content (AvgIpc) is 2.76. The highest BCUT2D eigenvalue weighted by Gasteiger charge is 2.15. The fourth-order valence-corrected chi connectivity index (χ4v) is 2.70. The maximum atomic E-state index is 13.2. The zero-order valence-corrected chi connectivity index (χ0v) is 17.1. The van der Waals surface area contributed by atoms with Crippen molar-refractivity contribution in [2.24, 2.45) is 5.41 Å². The van der Waals surface area contributed by atoms with Crippen molar-refractivity contribution in [1.82, 2.24) is 0 Å². The number of benzene rings is 3. The zero-order valence-electron chi connectivity index (χ0n) is 17.1. The van der Waals surface area contributed by atoms with Gasteiger partial charge in [-0.15, -0.1) is 0 Å². The Labute approximate surface area is 177 Å². The molecule has 0 spiro atoms. The number of ether oxygens (including phenoxy) is 1. The van der Waals surface area contributed by atoms with E-state index in [1.165, 1.54) is 12.1 Å². The van der Waals surface area contributed by atoms with E-state index in [0.717, 1.165) is 16.9 Å². The second kappa shape index (κ2) is 9.63. The molecule has 30 heavy (non-hydrogen) atoms. The molecule has 0 unspecified atom stereocenters. The molecule has 3 nitrogen and oxygen atoms in total. The van der Waals surface area contributed by atoms with Crippen molar-refractivity contribution in [3.63, 3.8) is 0 Å². The number of anilines is 2. The number of hydrogen-bond donors (Lipinski definition) is 1. The van der Waals surface area contributed by atoms with Crippen LogP contribution in [-0.4, -0.2) is 0 Å². The van der Waals surface area contributed by atoms with Gasteiger partial charge in [0, 0.05) is 12.1 Å². The second-order valence-corrected chi connectivity index (χ2v) is 7.56. The van der Waals surface area contributed by atoms with E-state index in [4.69, 9.17) is 4.74 Å². The minimum Gasteiger partial charge on any atom is -0.488 e. The topological polar surface area (TPSA) is 45.0 Å². The fraction of sp³-hybridized carbons (Fsp3) is 0.192. The molecule has 3 aromatic rings. The van der Waals surface area contributed by atoms with Crippen LogP contribution >= 0.6 is 0 Å². The van der Waals surface area contributed by atoms with Gasteiger partial charge >= 0.3 is 0 Å². The van der Waals surface area contributed by atoms with Crippen molar-refractivity contribution < 1.29 is 9.13 Å². The highest BCUT2D eigenvalue weighted by molar-refractivity contribution is 5.71. The number of rotatable bonds is 6. The van der Waals surface area contributed by atoms with Gasteiger partial charge in [-0.05, 0) is 55.8 Å². The van der Waals surface area contributed by atoms with E-state index in [1.807, 2.05) is 62.4 Å². The monoisotopic (exact) mass is 398 g/mol. The van der Waals surface area contributed by atoms with Gasteiger partial charge in [-0.1, -0.05) is 48.2 Å². The molecule has 0 radical (unpaired) electrons. The third kappa shape index (κ3) is 5.87. The van der Waals surface area contributed by atoms with Crippen LogP contribution in [0.25, 0.3) is 0 Å². The molecular weight excluding hydrogens is 375 g/mol. The lowest BCUT2D eigenvalue weighted by Gasteiger charge is -2.14. The molecule has 0 saturated carbocycles. The van der Waals surface area contributed by atoms with Crippen LogP contribution in [0.5, 0.6) is 5.75 Å². The normalized spacial score (nSPS) is 10.5. The molecule has 3 aromatic carbocycles. The Balaban J connectivity index is 1.91. The second-order valence-electron chi connectivity index (χ2n) is 7.56. The summed E-state index contributed by atoms with van der Waals surface area (Å²) in [7, 11) is 0. The van der Waals surface area contributed by atoms with Crippen LogP contribution in [0.1, 0.15) is 31.4 Å². The summed E-state index contributed by atoms with van der Waals surface area (Å²) >= 11 is 0. The summed E-state index contributed by atoms with van der Waals surface area (Å²) in [4.78, 5) is 0. The van der Waals surface area contributed by atoms with Crippen molar-refractivity contribution in [1.29, 1.82) is 5.26 Å². The van der Waals surface area contributed by atoms with Gasteiger partial charge in [0.15, 0.2) is 0 Å². The van der Waals surface area contributed by atoms with Gasteiger partial charge in [-0.3, -0.25) is 0 Å². The Morgan fingerprint density at radius 2 is 1.70 bits per heavy atom. The summed E-state index contributed by atoms with van der Waals surface area (Å²) in [5, 5.41) is 12.5. The first-order valence-corrected chi connectivity index (χ1v) is 9.69. The van der Waals surface area contributed by atoms with E-state index < -0.39 is 5.41 Å². The predicted molar refractivity (Wildman–Crippen MR) is 118 cm³/mol. The molecule has 0 atom stereocenters. The standard InChI is InChI=1S/C26H23FN2O/c1-26(2,19-28)17-7-10-23-24(29-22-15-13-21(27)14-16-22)11-6-12-25(23)30-18-20-8-4-3-5-9-20/h3-6,8-9,11-16,29H,17-18H2,1-2H3. The van der Waals surface area contributed by atoms with Crippen LogP contribution in [0.2, 0.25) is 0 Å². The SMILES string of the molecule is CC(C)(C#N)CC#Cc1c(Nc2ccc(F)cc2)cccc1OCc1ccccc1. The van der Waals surface area contributed by atoms with Crippen LogP contribution < -0.4 is 10.1 Å². The van der Waals surface area contributed by atoms with E-state index in [2.05, 4.69) is 23.2 Å². The first-order chi connectivity index (χ1) is 14.5. The smallest absolute Gasteiger partial charge is 0.137 e. The lowest BCUT2D eigenvalue weighted by Crippen LogP contribution is -2.05. The maximum absolute atomic E-state index is 13.2. The molecule has 3 rings (SSSR count). The van der Waals surface area contributed by atoms with Crippen LogP contribution in [0.3, 0.4) is 0 Å². The first-order valence-electron chi connectivity index (χ1n) is 9.69. The predicted octanol–water partition coefficient (Wildman–Crippen LogP) is 6.44. The lowest BCUT2D eigenvalue weighted by atomic mass is 9.92. The Morgan fingerprint density at radius 3 is 2.40 bits per heavy atom. The van der Waals surface area contributed by atoms with E-state index in [0.29, 0.717) is 24.3 Å². The molecule has 0 fully saturated rings. The summed E-state index contributed by atoms with van der Waals surface area (Å²) < 4.78 is 19.3. The van der Waals surface area contributed by atoms with Crippen molar-refractivity contribution in [2.45, 2.75) is 26.9 Å². The van der Waals surface area contributed by atoms with Gasteiger partial charge in [-0.2, -0.15) is 5.26 Å². The van der Waals surface area contributed by atoms with Crippen molar-refractivity contribution in [3.8, 4) is 23.7 Å². The van der Waals surface area contributed by atoms with E-state index in [9.17, 15) is 9.65 Å². The molecule has 1 N–H and O–H groups in total. The molecular formula is C26H23FN2O. The van der Waals surface area contributed by atoms with Gasteiger partial charge in [0.1, 0.15) is 18.2 Å². The minimum absolute atomic E-state index is 0.292. The Morgan fingerprint density at radius 1 is 0.967 bits per heavy atom. The third-order valence-corrected chi connectivity index (χ3v) is 4.43. The molecule has 0 aliphatic carbocycles. The Bertz CT molecular complexity index is 1090. The van der Waals surface area contributed by atoms with Crippen LogP contribution in [0.15, 0.2) is 72.8 Å². The number of halogens is 1. The van der Waals surface area contributed by atoms with E-state index >= 15 is 0 Å². The van der Waals surface area contributed by atoms with Crippen LogP contribution in [0.4, 0.5) is 15.8 Å². The fourth-order valence-electron chi connectivity index (χ4n) is 2.70. The Hall–Kier alpha value is -3.76. The van der Waals surface area contributed by atoms with Gasteiger partial charge in [-0.25, -0.2) is 4.39 Å². The molecule has 4 heteroatoms. The van der Waals surface area contributed by atoms with E-state index in [-0.39, 0.29) is 5.82 Å². The summed E-state index contributed by atoms with van der Waals surface area (Å²) in [6, 6.07) is 24.0. The van der Waals surface area contributed by atoms with Gasteiger partial charge in [0.2, 0.25) is 0 Å². The summed E-state index contributed by atoms with van der Waals surface area (Å²) in [6.07, 6.45) is 0.437. The number of nitrogens with zero attached hydrogens (tertiary/aromatic N) is 1. The van der Waals surface area contributed by atoms with Gasteiger partial charge in [0.05, 0.1) is 22.7 Å². The minimum atomic E-state index is -0.530. The highest BCUT2D eigenvalue weighted by atomic mass is 19.1. The molecule has 0 saturated heterocycles. The molecule has 0 aliphatic heterocycles. The number of hydrogen-bond acceptors (Lipinski definition) is 3. The highest BCUT2D eigenvalue weighted by Crippen LogP contribution is 2.29. The van der Waals surface area contributed by atoms with Crippen LogP contribution in [-0.2, 0) is 6.61 Å². The summed E-state index contributed by atoms with van der Waals surface area (Å²) in [5.41, 5.74) is 2.73. The van der Waals surface area contributed by atoms with Gasteiger partial charge < -0.3 is 10.1 Å². The van der Waals surface area contributed by atoms with Gasteiger partial charge in [0.25, 0.3) is 0 Å². The number of nitriles is 1. The molecule has 150 valence electrons. The quantitative estimate of drug-likeness (QED) is 0.486.